The van der Waals surface area contributed by atoms with E-state index >= 15 is 0 Å². The SMILES string of the molecule is CC(F)(F)C(F)(F)C(F)(F)S(=O)(=O)N1CCC2CCCCC2C1.CC(F)(F)C(F)C1CC2CCC1C2.CC(F)(F)C(OC(=O)C12CC3CC(CC(C3)C1)C2)C(F)(F)F.CC(F)(F)COC(=O)C12CC3CC(CC(C3)C1)C2.COCCOc1ccc([S+]2CCOCC2)c2ccccc12.COc1ccc([S+]2CC(C)OC(C)C2)cc1.COc1ccc([S+]2CCOCC2)cc1.Oc1ccc([S+]2CCOC3CCCCC32)c2ccccc12. The van der Waals surface area contributed by atoms with Gasteiger partial charge in [-0.05, 0) is 292 Å². The fourth-order valence-corrected chi connectivity index (χ4v) is 36.7. The van der Waals surface area contributed by atoms with Crippen LogP contribution >= 0.6 is 0 Å². The van der Waals surface area contributed by atoms with Crippen molar-refractivity contribution in [2.45, 2.75) is 299 Å². The Hall–Kier alpha value is -6.03. The first-order chi connectivity index (χ1) is 70.0. The van der Waals surface area contributed by atoms with Crippen molar-refractivity contribution in [2.24, 2.45) is 75.9 Å². The predicted octanol–water partition coefficient (Wildman–Crippen LogP) is 25.8. The number of hydrogen-bond acceptors (Lipinski definition) is 15. The molecule has 12 saturated carbocycles. The third-order valence-corrected chi connectivity index (χ3v) is 44.3. The van der Waals surface area contributed by atoms with Crippen molar-refractivity contribution < 1.29 is 141 Å². The molecule has 6 aromatic rings. The third kappa shape index (κ3) is 29.3. The van der Waals surface area contributed by atoms with Crippen LogP contribution in [0.5, 0.6) is 23.0 Å². The number of hydrogen-bond donors (Lipinski definition) is 1. The molecule has 0 amide bonds. The number of aromatic hydroxyl groups is 1. The molecule has 826 valence electrons. The van der Waals surface area contributed by atoms with Crippen LogP contribution in [-0.2, 0) is 96.4 Å². The summed E-state index contributed by atoms with van der Waals surface area (Å²) in [6.45, 7) is 9.78. The maximum absolute atomic E-state index is 13.8. The third-order valence-electron chi connectivity index (χ3n) is 32.4. The number of fused-ring (bicyclic) bond motifs is 6. The summed E-state index contributed by atoms with van der Waals surface area (Å²) in [5, 5.41) is 9.66. The summed E-state index contributed by atoms with van der Waals surface area (Å²) in [6, 6.07) is 42.1. The van der Waals surface area contributed by atoms with Crippen LogP contribution in [0.1, 0.15) is 202 Å². The van der Waals surface area contributed by atoms with E-state index in [0.717, 1.165) is 168 Å². The molecule has 12 aliphatic carbocycles. The maximum atomic E-state index is 13.8. The highest BCUT2D eigenvalue weighted by atomic mass is 32.2. The molecule has 0 radical (unpaired) electrons. The fourth-order valence-electron chi connectivity index (χ4n) is 26.1. The van der Waals surface area contributed by atoms with Crippen molar-refractivity contribution >= 4 is 87.1 Å². The molecule has 17 aliphatic rings. The van der Waals surface area contributed by atoms with Gasteiger partial charge in [-0.15, -0.1) is 0 Å². The van der Waals surface area contributed by atoms with Crippen molar-refractivity contribution in [1.82, 2.24) is 4.31 Å². The Morgan fingerprint density at radius 3 is 1.47 bits per heavy atom. The maximum Gasteiger partial charge on any atom is 0.431 e. The second-order valence-electron chi connectivity index (χ2n) is 43.9. The second kappa shape index (κ2) is 50.5. The molecule has 17 fully saturated rings. The lowest BCUT2D eigenvalue weighted by molar-refractivity contribution is -0.279. The van der Waals surface area contributed by atoms with E-state index in [1.807, 2.05) is 42.5 Å². The highest BCUT2D eigenvalue weighted by Gasteiger charge is 2.77. The molecular weight excluding hydrogens is 2050 g/mol. The molecule has 12 unspecified atom stereocenters. The van der Waals surface area contributed by atoms with Gasteiger partial charge in [-0.25, -0.2) is 39.2 Å². The monoisotopic (exact) mass is 2200 g/mol. The van der Waals surface area contributed by atoms with Gasteiger partial charge in [0.2, 0.25) is 0 Å². The molecule has 23 rings (SSSR count). The number of esters is 2. The van der Waals surface area contributed by atoms with Crippen molar-refractivity contribution in [3.8, 4) is 23.0 Å². The summed E-state index contributed by atoms with van der Waals surface area (Å²) in [6.07, 6.45) is 13.9. The van der Waals surface area contributed by atoms with Gasteiger partial charge in [0.1, 0.15) is 93.4 Å². The zero-order chi connectivity index (χ0) is 107. The zero-order valence-electron chi connectivity index (χ0n) is 86.3. The largest absolute Gasteiger partial charge is 0.507 e. The Kier molecular flexibility index (Phi) is 40.0. The molecule has 0 spiro atoms. The van der Waals surface area contributed by atoms with E-state index < -0.39 is 93.7 Å². The molecule has 148 heavy (non-hydrogen) atoms. The van der Waals surface area contributed by atoms with Gasteiger partial charge in [0.25, 0.3) is 33.9 Å². The molecule has 10 bridgehead atoms. The molecule has 0 aromatic heterocycles. The highest BCUT2D eigenvalue weighted by molar-refractivity contribution is 7.98. The number of carbonyl (C=O) groups excluding carboxylic acids is 2. The second-order valence-corrected chi connectivity index (χ2v) is 54.8. The van der Waals surface area contributed by atoms with Crippen LogP contribution in [0.15, 0.2) is 141 Å². The van der Waals surface area contributed by atoms with E-state index in [1.165, 1.54) is 92.2 Å². The van der Waals surface area contributed by atoms with Crippen molar-refractivity contribution in [3.63, 3.8) is 0 Å². The van der Waals surface area contributed by atoms with Gasteiger partial charge in [0, 0.05) is 113 Å². The number of phenolic OH excluding ortho intramolecular Hbond substituents is 1. The average Bonchev–Trinajstić information content (AvgIpc) is 0.770. The first kappa shape index (κ1) is 117. The number of rotatable bonds is 22. The smallest absolute Gasteiger partial charge is 0.431 e. The molecule has 16 nitrogen and oxygen atoms in total. The summed E-state index contributed by atoms with van der Waals surface area (Å²) < 4.78 is 286. The normalized spacial score (nSPS) is 30.3. The number of sulfonamides is 1. The van der Waals surface area contributed by atoms with Gasteiger partial charge in [0.15, 0.2) is 32.4 Å². The number of carbonyl (C=O) groups is 2. The van der Waals surface area contributed by atoms with Crippen molar-refractivity contribution in [1.29, 1.82) is 0 Å². The van der Waals surface area contributed by atoms with Crippen LogP contribution in [0.3, 0.4) is 0 Å². The quantitative estimate of drug-likeness (QED) is 0.0293. The number of benzene rings is 6. The van der Waals surface area contributed by atoms with Crippen LogP contribution in [-0.4, -0.2) is 234 Å². The highest BCUT2D eigenvalue weighted by Crippen LogP contribution is 2.63. The predicted molar refractivity (Wildman–Crippen MR) is 548 cm³/mol. The molecule has 6 aromatic carbocycles. The van der Waals surface area contributed by atoms with Gasteiger partial charge in [-0.2, -0.15) is 43.8 Å². The summed E-state index contributed by atoms with van der Waals surface area (Å²) >= 11 is 0. The molecular formula is C111H149F16NO15S5+4. The van der Waals surface area contributed by atoms with Crippen LogP contribution < -0.4 is 14.2 Å². The Balaban J connectivity index is 0.000000134. The number of nitrogens with zero attached hydrogens (tertiary/aromatic N) is 1. The Labute approximate surface area is 873 Å². The van der Waals surface area contributed by atoms with Gasteiger partial charge in [-0.3, -0.25) is 9.59 Å². The summed E-state index contributed by atoms with van der Waals surface area (Å²) in [5.41, 5.74) is -1.39. The van der Waals surface area contributed by atoms with Gasteiger partial charge in [-0.1, -0.05) is 68.5 Å². The summed E-state index contributed by atoms with van der Waals surface area (Å²) in [5.74, 6) is -8.25. The molecule has 37 heteroatoms. The topological polar surface area (TPSA) is 184 Å². The average molecular weight is 2200 g/mol. The van der Waals surface area contributed by atoms with Crippen LogP contribution in [0.2, 0.25) is 0 Å². The lowest BCUT2D eigenvalue weighted by Crippen LogP contribution is -2.61. The van der Waals surface area contributed by atoms with Crippen LogP contribution in [0.4, 0.5) is 70.2 Å². The van der Waals surface area contributed by atoms with Gasteiger partial charge >= 0.3 is 35.2 Å². The van der Waals surface area contributed by atoms with Crippen molar-refractivity contribution in [3.05, 3.63) is 121 Å². The molecule has 5 saturated heterocycles. The lowest BCUT2D eigenvalue weighted by atomic mass is 9.49. The molecule has 5 heterocycles. The standard InChI is InChI=1S/C18H20O2S.C17H21O3S.C15H19F5O2.C14H20F2O2.C13H19F6NO2S.C13H19O2S.C11H15O2S.C10H15F3/c19-15-9-10-17(14-6-2-1-5-13(14)15)21-12-11-20-16-7-3-4-8-18(16)21;1-18-8-9-20-16-6-7-17(21-12-10-19-11-13-21)15-5-3-2-4-14(15)16;1-13(16,17)11(15(18,19)20)22-12(21)14-5-8-2-9(6-14)4-10(3-8)7-14;1-13(15,16)8-18-12(17)14-5-9-2-10(6-14)4-11(3-9)7-14;1-11(14,15)12(16,17)13(18,19)23(21,22)20-7-6-9-4-2-3-5-10(9)8-20;1-10-8-16(9-11(2)15-10)13-6-4-12(14-3)5-7-13;1-12-10-2-4-11(5-3-10)14-8-6-13-7-9-14;1-10(12,13)9(11)8-5-6-2-3-7(8)4-6/h1-2,5-6,9-10,16,18H,3-4,7-8,11-12H2;2-7H,8-13H2,1H3;8-11H,2-7H2,1H3;9-11H,2-8H2,1H3;9-10H,2-8H2,1H3;4-7,10-11H,8-9H2,1-3H3;2-5H,6-9H2,1H3;6-9H,2-5H2,1H3/q;+1;;;;2*+1;/p+1. The minimum Gasteiger partial charge on any atom is -0.507 e. The van der Waals surface area contributed by atoms with E-state index in [-0.39, 0.29) is 71.3 Å². The van der Waals surface area contributed by atoms with Gasteiger partial charge in [0.05, 0.1) is 64.7 Å². The number of halogens is 16. The van der Waals surface area contributed by atoms with E-state index in [1.54, 1.807) is 21.3 Å². The van der Waals surface area contributed by atoms with Crippen molar-refractivity contribution in [2.75, 3.05) is 128 Å². The minimum atomic E-state index is -5.98. The zero-order valence-corrected chi connectivity index (χ0v) is 90.3. The van der Waals surface area contributed by atoms with E-state index in [2.05, 4.69) is 97.4 Å². The Morgan fingerprint density at radius 2 is 0.980 bits per heavy atom. The van der Waals surface area contributed by atoms with Gasteiger partial charge < -0.3 is 52.5 Å². The lowest BCUT2D eigenvalue weighted by Gasteiger charge is -2.55. The molecule has 1 N–H and O–H groups in total. The van der Waals surface area contributed by atoms with Crippen LogP contribution in [0.25, 0.3) is 21.5 Å². The van der Waals surface area contributed by atoms with E-state index in [9.17, 15) is 93.4 Å². The Bertz CT molecular complexity index is 5280. The molecule has 5 aliphatic heterocycles. The van der Waals surface area contributed by atoms with E-state index in [0.29, 0.717) is 156 Å². The minimum absolute atomic E-state index is 0.137. The molecule has 12 atom stereocenters. The number of phenols is 1. The first-order valence-corrected chi connectivity index (χ1v) is 60.2. The van der Waals surface area contributed by atoms with Crippen LogP contribution in [0, 0.1) is 75.9 Å². The number of piperidine rings is 1. The summed E-state index contributed by atoms with van der Waals surface area (Å²) in [7, 11) is 0.508. The fraction of sp³-hybridized carbons (Fsp3) is 0.694. The van der Waals surface area contributed by atoms with E-state index in [4.69, 9.17) is 42.6 Å². The number of ether oxygens (including phenoxy) is 10. The Morgan fingerprint density at radius 1 is 0.493 bits per heavy atom. The first-order valence-electron chi connectivity index (χ1n) is 52.6. The number of methoxy groups -OCH3 is 3. The summed E-state index contributed by atoms with van der Waals surface area (Å²) in [4.78, 5) is 30.3. The number of alkyl halides is 16.